The third-order valence-electron chi connectivity index (χ3n) is 51.1. The first kappa shape index (κ1) is 105. The second-order valence-electron chi connectivity index (χ2n) is 56.1. The summed E-state index contributed by atoms with van der Waals surface area (Å²) in [6.45, 7) is 37.2. The lowest BCUT2D eigenvalue weighted by atomic mass is 9.44. The van der Waals surface area contributed by atoms with Crippen LogP contribution in [0, 0.1) is 232 Å². The van der Waals surface area contributed by atoms with Gasteiger partial charge in [0.25, 0.3) is 0 Å². The Balaban J connectivity index is 0.000000123. The first-order chi connectivity index (χ1) is 63.8. The molecule has 0 spiro atoms. The molecule has 0 aromatic carbocycles. The lowest BCUT2D eigenvalue weighted by Gasteiger charge is -2.61. The number of hydrogen-bond donors (Lipinski definition) is 10. The first-order valence-electron chi connectivity index (χ1n) is 58.3. The van der Waals surface area contributed by atoms with Gasteiger partial charge in [-0.05, 0) is 553 Å². The van der Waals surface area contributed by atoms with Crippen molar-refractivity contribution < 1.29 is 75.0 Å². The first-order valence-corrected chi connectivity index (χ1v) is 58.3. The summed E-state index contributed by atoms with van der Waals surface area (Å²) in [5.74, 6) is 19.5. The molecule has 45 atom stereocenters. The number of aliphatic hydroxyl groups excluding tert-OH is 5. The van der Waals surface area contributed by atoms with Crippen molar-refractivity contribution in [3.63, 3.8) is 0 Å². The van der Waals surface area contributed by atoms with Crippen LogP contribution in [0.25, 0.3) is 0 Å². The minimum atomic E-state index is -0.643. The van der Waals surface area contributed by atoms with Gasteiger partial charge in [-0.1, -0.05) is 104 Å². The fraction of sp³-hybridized carbons (Fsp3) is 0.958. The van der Waals surface area contributed by atoms with Crippen LogP contribution < -0.4 is 0 Å². The number of carboxylic acids is 5. The van der Waals surface area contributed by atoms with E-state index in [1.165, 1.54) is 225 Å². The number of hydrogen-bond acceptors (Lipinski definition) is 10. The van der Waals surface area contributed by atoms with Crippen molar-refractivity contribution in [1.82, 2.24) is 0 Å². The van der Waals surface area contributed by atoms with Crippen LogP contribution in [0.15, 0.2) is 0 Å². The van der Waals surface area contributed by atoms with E-state index in [4.69, 9.17) is 25.5 Å². The quantitative estimate of drug-likeness (QED) is 0.0542. The van der Waals surface area contributed by atoms with Crippen molar-refractivity contribution in [2.24, 2.45) is 232 Å². The van der Waals surface area contributed by atoms with Crippen LogP contribution >= 0.6 is 0 Å². The fourth-order valence-electron chi connectivity index (χ4n) is 43.8. The molecule has 15 heteroatoms. The second kappa shape index (κ2) is 41.2. The van der Waals surface area contributed by atoms with Crippen molar-refractivity contribution >= 4 is 29.8 Å². The van der Waals surface area contributed by atoms with Gasteiger partial charge in [-0.15, -0.1) is 0 Å². The molecule has 20 fully saturated rings. The van der Waals surface area contributed by atoms with E-state index in [9.17, 15) is 49.5 Å². The maximum absolute atomic E-state index is 11.0. The van der Waals surface area contributed by atoms with Crippen LogP contribution in [0.1, 0.15) is 457 Å². The van der Waals surface area contributed by atoms with E-state index in [0.717, 1.165) is 215 Å². The van der Waals surface area contributed by atoms with Crippen molar-refractivity contribution in [3.8, 4) is 0 Å². The summed E-state index contributed by atoms with van der Waals surface area (Å²) in [7, 11) is 0. The molecule has 0 bridgehead atoms. The van der Waals surface area contributed by atoms with E-state index in [-0.39, 0.29) is 30.5 Å². The van der Waals surface area contributed by atoms with E-state index < -0.39 is 29.8 Å². The van der Waals surface area contributed by atoms with Crippen molar-refractivity contribution in [2.45, 2.75) is 488 Å². The lowest BCUT2D eigenvalue weighted by molar-refractivity contribution is -0.139. The zero-order valence-electron chi connectivity index (χ0n) is 88.1. The van der Waals surface area contributed by atoms with Gasteiger partial charge in [0.05, 0.1) is 30.5 Å². The predicted molar refractivity (Wildman–Crippen MR) is 536 cm³/mol. The molecule has 20 aliphatic rings. The predicted octanol–water partition coefficient (Wildman–Crippen LogP) is 27.5. The third-order valence-corrected chi connectivity index (χ3v) is 51.1. The van der Waals surface area contributed by atoms with Crippen LogP contribution in [0.3, 0.4) is 0 Å². The molecule has 10 N–H and O–H groups in total. The van der Waals surface area contributed by atoms with Gasteiger partial charge in [0.1, 0.15) is 0 Å². The largest absolute Gasteiger partial charge is 0.481 e. The van der Waals surface area contributed by atoms with Gasteiger partial charge in [0.15, 0.2) is 0 Å². The summed E-state index contributed by atoms with van der Waals surface area (Å²) in [4.78, 5) is 55.2. The highest BCUT2D eigenvalue weighted by molar-refractivity contribution is 5.68. The molecule has 20 rings (SSSR count). The Morgan fingerprint density at radius 3 is 0.489 bits per heavy atom. The molecule has 770 valence electrons. The van der Waals surface area contributed by atoms with E-state index in [0.29, 0.717) is 145 Å². The summed E-state index contributed by atoms with van der Waals surface area (Å²) >= 11 is 0. The number of aliphatic carboxylic acids is 5. The standard InChI is InChI=1S/5C24H40O3/c5*1-15(4-9-22(26)27)19-7-8-20-18-6-5-16-14-17(25)10-12-23(16,2)21(18)11-13-24(19,20)3/h5*15-21,25H,4-14H2,1-3H3,(H,26,27)/t15-,16+,17-,18?,19?,20?,21?,23-,24?;2*15-,16+,17-,18-,19-,20+,21+,23+,24-;15-,16-,17+,18?,19?,20?,21?,23-,24?;15-,16-,17-,18?,19?,20?,21?,23-,24?/m11111/s1. The van der Waals surface area contributed by atoms with Gasteiger partial charge in [-0.3, -0.25) is 24.0 Å². The maximum atomic E-state index is 11.0. The second-order valence-corrected chi connectivity index (χ2v) is 56.1. The SMILES string of the molecule is C[C@H](CCC(=O)O)C1CCC2C3CC[C@@H]4C[C@@H](O)CC[C@@]4(C)C3CCC21C.C[C@H](CCC(=O)O)C1CCC2C3CC[C@@H]4C[C@H](O)CC[C@@]4(C)C3CCC21C.C[C@H](CCC(=O)O)C1CCC2C3CC[C@H]4C[C@H](O)CC[C@@]4(C)C3CCC21C.C[C@H](CCC(=O)O)[C@H]1CC[C@H]2[C@H]3CC[C@H]4C[C@H](O)CC[C@]4(C)[C@H]3CC[C@]12C.C[C@H](CCC(=O)O)[C@H]1CC[C@H]2[C@H]3CC[C@H]4C[C@H](O)CC[C@]4(C)[C@H]3CC[C@]12C. The maximum Gasteiger partial charge on any atom is 0.303 e. The number of rotatable bonds is 20. The molecule has 0 amide bonds. The van der Waals surface area contributed by atoms with Crippen molar-refractivity contribution in [2.75, 3.05) is 0 Å². The van der Waals surface area contributed by atoms with E-state index in [1.807, 2.05) is 0 Å². The molecule has 15 nitrogen and oxygen atoms in total. The molecular weight excluding hydrogens is 1680 g/mol. The summed E-state index contributed by atoms with van der Waals surface area (Å²) in [6, 6.07) is 0. The highest BCUT2D eigenvalue weighted by Gasteiger charge is 2.68. The Bertz CT molecular complexity index is 3450. The normalized spacial score (nSPS) is 50.4. The molecular formula is C120H200O15. The van der Waals surface area contributed by atoms with E-state index in [2.05, 4.69) is 104 Å². The Hall–Kier alpha value is -2.85. The molecule has 20 saturated carbocycles. The van der Waals surface area contributed by atoms with Gasteiger partial charge in [0, 0.05) is 32.1 Å². The monoisotopic (exact) mass is 1880 g/mol. The topological polar surface area (TPSA) is 288 Å². The highest BCUT2D eigenvalue weighted by atomic mass is 16.4. The summed E-state index contributed by atoms with van der Waals surface area (Å²) in [5.41, 5.74) is 4.41. The average molecular weight is 1880 g/mol. The number of carboxylic acid groups (broad SMARTS) is 5. The lowest BCUT2D eigenvalue weighted by Crippen LogP contribution is -2.54. The number of fused-ring (bicyclic) bond motifs is 25. The summed E-state index contributed by atoms with van der Waals surface area (Å²) < 4.78 is 0. The van der Waals surface area contributed by atoms with Gasteiger partial charge in [0.2, 0.25) is 0 Å². The smallest absolute Gasteiger partial charge is 0.303 e. The van der Waals surface area contributed by atoms with Crippen molar-refractivity contribution in [1.29, 1.82) is 0 Å². The molecule has 20 aliphatic carbocycles. The van der Waals surface area contributed by atoms with Crippen LogP contribution in [0.4, 0.5) is 0 Å². The highest BCUT2D eigenvalue weighted by Crippen LogP contribution is 2.76. The molecule has 0 saturated heterocycles. The van der Waals surface area contributed by atoms with Gasteiger partial charge in [-0.25, -0.2) is 0 Å². The molecule has 135 heavy (non-hydrogen) atoms. The van der Waals surface area contributed by atoms with Gasteiger partial charge in [-0.2, -0.15) is 0 Å². The number of aliphatic hydroxyl groups is 5. The van der Waals surface area contributed by atoms with Crippen LogP contribution in [-0.2, 0) is 24.0 Å². The minimum absolute atomic E-state index is 0.0561. The third kappa shape index (κ3) is 19.8. The molecule has 15 unspecified atom stereocenters. The fourth-order valence-corrected chi connectivity index (χ4v) is 43.8. The van der Waals surface area contributed by atoms with Gasteiger partial charge < -0.3 is 51.1 Å². The molecule has 0 aromatic heterocycles. The molecule has 0 aromatic rings. The minimum Gasteiger partial charge on any atom is -0.481 e. The van der Waals surface area contributed by atoms with Crippen molar-refractivity contribution in [3.05, 3.63) is 0 Å². The summed E-state index contributed by atoms with van der Waals surface area (Å²) in [5, 5.41) is 96.4. The van der Waals surface area contributed by atoms with Crippen LogP contribution in [-0.4, -0.2) is 111 Å². The molecule has 0 radical (unpaired) electrons. The van der Waals surface area contributed by atoms with E-state index >= 15 is 0 Å². The average Bonchev–Trinajstić information content (AvgIpc) is 1.67. The van der Waals surface area contributed by atoms with E-state index in [1.54, 1.807) is 0 Å². The summed E-state index contributed by atoms with van der Waals surface area (Å²) in [6.07, 6.45) is 62.2. The van der Waals surface area contributed by atoms with Gasteiger partial charge >= 0.3 is 29.8 Å². The zero-order valence-corrected chi connectivity index (χ0v) is 88.1. The zero-order chi connectivity index (χ0) is 97.0. The Morgan fingerprint density at radius 1 is 0.200 bits per heavy atom. The Morgan fingerprint density at radius 2 is 0.341 bits per heavy atom. The van der Waals surface area contributed by atoms with Crippen LogP contribution in [0.5, 0.6) is 0 Å². The molecule has 0 heterocycles. The van der Waals surface area contributed by atoms with Crippen LogP contribution in [0.2, 0.25) is 0 Å². The Kier molecular flexibility index (Phi) is 32.1. The Labute approximate surface area is 819 Å². The number of carbonyl (C=O) groups is 5. The molecule has 0 aliphatic heterocycles.